The van der Waals surface area contributed by atoms with E-state index in [2.05, 4.69) is 15.4 Å². The molecule has 0 saturated heterocycles. The van der Waals surface area contributed by atoms with Crippen molar-refractivity contribution >= 4 is 23.2 Å². The van der Waals surface area contributed by atoms with Crippen LogP contribution in [0.1, 0.15) is 5.56 Å². The van der Waals surface area contributed by atoms with Gasteiger partial charge in [-0.3, -0.25) is 4.79 Å². The van der Waals surface area contributed by atoms with Crippen molar-refractivity contribution in [1.82, 2.24) is 14.8 Å². The minimum Gasteiger partial charge on any atom is -0.497 e. The number of anilines is 1. The Kier molecular flexibility index (Phi) is 6.05. The van der Waals surface area contributed by atoms with E-state index in [0.29, 0.717) is 22.9 Å². The van der Waals surface area contributed by atoms with E-state index in [0.717, 1.165) is 22.8 Å². The number of carbonyl (C=O) groups excluding carboxylic acids is 1. The van der Waals surface area contributed by atoms with Gasteiger partial charge in [-0.25, -0.2) is 9.67 Å². The van der Waals surface area contributed by atoms with Crippen molar-refractivity contribution in [3.05, 3.63) is 65.7 Å². The smallest absolute Gasteiger partial charge is 0.279 e. The fraction of sp³-hybridized carbons (Fsp3) is 0.211. The molecule has 1 atom stereocenters. The molecule has 1 aromatic heterocycles. The Bertz CT molecular complexity index is 897. The van der Waals surface area contributed by atoms with Crippen LogP contribution >= 0.6 is 11.6 Å². The number of benzene rings is 2. The zero-order chi connectivity index (χ0) is 19.2. The molecule has 1 amide bonds. The molecule has 0 spiro atoms. The quantitative estimate of drug-likeness (QED) is 0.646. The summed E-state index contributed by atoms with van der Waals surface area (Å²) in [6.07, 6.45) is 3.01. The van der Waals surface area contributed by atoms with Crippen LogP contribution in [0.2, 0.25) is 5.02 Å². The van der Waals surface area contributed by atoms with Gasteiger partial charge in [-0.1, -0.05) is 11.6 Å². The molecule has 7 nitrogen and oxygen atoms in total. The SMILES string of the molecule is COc1ccc(C[NH+](C)CC(=O)Nc2cc(Cl)ccc2-n2cncn2)cc1. The summed E-state index contributed by atoms with van der Waals surface area (Å²) in [6.45, 7) is 1.04. The third-order valence-electron chi connectivity index (χ3n) is 4.03. The van der Waals surface area contributed by atoms with Crippen LogP contribution in [0.3, 0.4) is 0 Å². The van der Waals surface area contributed by atoms with Gasteiger partial charge in [0.2, 0.25) is 0 Å². The molecule has 3 rings (SSSR count). The van der Waals surface area contributed by atoms with Gasteiger partial charge < -0.3 is 15.0 Å². The average molecular weight is 387 g/mol. The highest BCUT2D eigenvalue weighted by molar-refractivity contribution is 6.31. The molecule has 3 aromatic rings. The molecule has 1 unspecified atom stereocenters. The van der Waals surface area contributed by atoms with Gasteiger partial charge in [-0.15, -0.1) is 0 Å². The lowest BCUT2D eigenvalue weighted by atomic mass is 10.2. The molecule has 0 aliphatic carbocycles. The topological polar surface area (TPSA) is 73.5 Å². The van der Waals surface area contributed by atoms with E-state index in [-0.39, 0.29) is 5.91 Å². The number of methoxy groups -OCH3 is 1. The molecule has 0 saturated carbocycles. The second-order valence-electron chi connectivity index (χ2n) is 6.21. The van der Waals surface area contributed by atoms with Crippen LogP contribution in [-0.2, 0) is 11.3 Å². The van der Waals surface area contributed by atoms with Crippen molar-refractivity contribution in [2.75, 3.05) is 26.0 Å². The van der Waals surface area contributed by atoms with Gasteiger partial charge in [0.1, 0.15) is 24.9 Å². The highest BCUT2D eigenvalue weighted by atomic mass is 35.5. The van der Waals surface area contributed by atoms with E-state index in [1.165, 1.54) is 6.33 Å². The molecule has 0 aliphatic rings. The fourth-order valence-electron chi connectivity index (χ4n) is 2.76. The van der Waals surface area contributed by atoms with E-state index in [1.54, 1.807) is 36.3 Å². The van der Waals surface area contributed by atoms with Crippen LogP contribution in [0.15, 0.2) is 55.1 Å². The number of rotatable bonds is 7. The van der Waals surface area contributed by atoms with E-state index in [4.69, 9.17) is 16.3 Å². The summed E-state index contributed by atoms with van der Waals surface area (Å²) in [5.41, 5.74) is 2.43. The molecule has 2 aromatic carbocycles. The molecule has 8 heteroatoms. The number of quaternary nitrogens is 1. The molecule has 1 heterocycles. The number of aromatic nitrogens is 3. The maximum absolute atomic E-state index is 12.5. The molecule has 0 aliphatic heterocycles. The lowest BCUT2D eigenvalue weighted by Gasteiger charge is -2.15. The van der Waals surface area contributed by atoms with Gasteiger partial charge in [0.15, 0.2) is 6.54 Å². The van der Waals surface area contributed by atoms with Gasteiger partial charge in [0.25, 0.3) is 5.91 Å². The first-order valence-corrected chi connectivity index (χ1v) is 8.81. The largest absolute Gasteiger partial charge is 0.497 e. The van der Waals surface area contributed by atoms with E-state index < -0.39 is 0 Å². The van der Waals surface area contributed by atoms with Gasteiger partial charge in [-0.2, -0.15) is 5.10 Å². The van der Waals surface area contributed by atoms with Gasteiger partial charge in [0, 0.05) is 10.6 Å². The number of carbonyl (C=O) groups is 1. The van der Waals surface area contributed by atoms with Crippen molar-refractivity contribution in [3.8, 4) is 11.4 Å². The number of nitrogens with one attached hydrogen (secondary N) is 2. The van der Waals surface area contributed by atoms with Crippen LogP contribution in [-0.4, -0.2) is 41.4 Å². The molecular formula is C19H21ClN5O2+. The standard InChI is InChI=1S/C19H20ClN5O2/c1-24(10-14-3-6-16(27-2)7-4-14)11-19(26)23-17-9-15(20)5-8-18(17)25-13-21-12-22-25/h3-9,12-13H,10-11H2,1-2H3,(H,23,26)/p+1. The van der Waals surface area contributed by atoms with E-state index in [9.17, 15) is 4.79 Å². The van der Waals surface area contributed by atoms with Crippen LogP contribution < -0.4 is 15.0 Å². The molecule has 0 fully saturated rings. The zero-order valence-electron chi connectivity index (χ0n) is 15.1. The van der Waals surface area contributed by atoms with Crippen molar-refractivity contribution in [2.24, 2.45) is 0 Å². The molecule has 2 N–H and O–H groups in total. The lowest BCUT2D eigenvalue weighted by Crippen LogP contribution is -3.08. The summed E-state index contributed by atoms with van der Waals surface area (Å²) in [7, 11) is 3.61. The maximum Gasteiger partial charge on any atom is 0.279 e. The Morgan fingerprint density at radius 1 is 1.26 bits per heavy atom. The minimum absolute atomic E-state index is 0.107. The molecule has 140 valence electrons. The second-order valence-corrected chi connectivity index (χ2v) is 6.64. The summed E-state index contributed by atoms with van der Waals surface area (Å²) in [6, 6.07) is 13.1. The number of ether oxygens (including phenoxy) is 1. The predicted molar refractivity (Wildman–Crippen MR) is 103 cm³/mol. The summed E-state index contributed by atoms with van der Waals surface area (Å²) in [5, 5.41) is 7.57. The Morgan fingerprint density at radius 2 is 2.04 bits per heavy atom. The van der Waals surface area contributed by atoms with Crippen molar-refractivity contribution in [1.29, 1.82) is 0 Å². The highest BCUT2D eigenvalue weighted by Crippen LogP contribution is 2.23. The van der Waals surface area contributed by atoms with E-state index in [1.807, 2.05) is 31.3 Å². The number of likely N-dealkylation sites (N-methyl/N-ethyl adjacent to an activating group) is 1. The molecular weight excluding hydrogens is 366 g/mol. The number of hydrogen-bond donors (Lipinski definition) is 2. The number of nitrogens with zero attached hydrogens (tertiary/aromatic N) is 3. The third kappa shape index (κ3) is 5.06. The Balaban J connectivity index is 1.64. The molecule has 27 heavy (non-hydrogen) atoms. The predicted octanol–water partition coefficient (Wildman–Crippen LogP) is 1.58. The van der Waals surface area contributed by atoms with E-state index >= 15 is 0 Å². The summed E-state index contributed by atoms with van der Waals surface area (Å²) in [4.78, 5) is 17.5. The van der Waals surface area contributed by atoms with Gasteiger partial charge >= 0.3 is 0 Å². The lowest BCUT2D eigenvalue weighted by molar-refractivity contribution is -0.885. The summed E-state index contributed by atoms with van der Waals surface area (Å²) >= 11 is 6.09. The monoisotopic (exact) mass is 386 g/mol. The average Bonchev–Trinajstić information content (AvgIpc) is 3.16. The molecule has 0 radical (unpaired) electrons. The van der Waals surface area contributed by atoms with Gasteiger partial charge in [0.05, 0.1) is 25.5 Å². The first kappa shape index (κ1) is 18.9. The van der Waals surface area contributed by atoms with Crippen LogP contribution in [0.4, 0.5) is 5.69 Å². The molecule has 0 bridgehead atoms. The van der Waals surface area contributed by atoms with Crippen molar-refractivity contribution in [2.45, 2.75) is 6.54 Å². The van der Waals surface area contributed by atoms with Crippen LogP contribution in [0.25, 0.3) is 5.69 Å². The Labute approximate surface area is 162 Å². The van der Waals surface area contributed by atoms with Crippen molar-refractivity contribution < 1.29 is 14.4 Å². The summed E-state index contributed by atoms with van der Waals surface area (Å²) < 4.78 is 6.75. The van der Waals surface area contributed by atoms with Crippen molar-refractivity contribution in [3.63, 3.8) is 0 Å². The zero-order valence-corrected chi connectivity index (χ0v) is 15.9. The first-order valence-electron chi connectivity index (χ1n) is 8.44. The summed E-state index contributed by atoms with van der Waals surface area (Å²) in [5.74, 6) is 0.709. The third-order valence-corrected chi connectivity index (χ3v) is 4.26. The minimum atomic E-state index is -0.107. The number of hydrogen-bond acceptors (Lipinski definition) is 4. The fourth-order valence-corrected chi connectivity index (χ4v) is 2.94. The first-order chi connectivity index (χ1) is 13.0. The normalized spacial score (nSPS) is 11.8. The highest BCUT2D eigenvalue weighted by Gasteiger charge is 2.14. The van der Waals surface area contributed by atoms with Crippen LogP contribution in [0, 0.1) is 0 Å². The van der Waals surface area contributed by atoms with Gasteiger partial charge in [-0.05, 0) is 42.5 Å². The van der Waals surface area contributed by atoms with Crippen LogP contribution in [0.5, 0.6) is 5.75 Å². The Hall–Kier alpha value is -2.90. The Morgan fingerprint density at radius 3 is 2.70 bits per heavy atom. The maximum atomic E-state index is 12.5. The number of amides is 1. The second kappa shape index (κ2) is 8.66. The number of halogens is 1.